The zero-order valence-electron chi connectivity index (χ0n) is 8.20. The summed E-state index contributed by atoms with van der Waals surface area (Å²) in [7, 11) is 0. The smallest absolute Gasteiger partial charge is 0.0602 e. The lowest BCUT2D eigenvalue weighted by molar-refractivity contribution is 0.226. The van der Waals surface area contributed by atoms with Gasteiger partial charge in [0.1, 0.15) is 0 Å². The lowest BCUT2D eigenvalue weighted by Gasteiger charge is -2.15. The molecule has 0 aromatic carbocycles. The Bertz CT molecular complexity index is 247. The molecule has 0 aliphatic heterocycles. The molecule has 1 heterocycles. The second-order valence-electron chi connectivity index (χ2n) is 3.09. The molecule has 0 radical (unpaired) electrons. The van der Waals surface area contributed by atoms with E-state index < -0.39 is 0 Å². The van der Waals surface area contributed by atoms with E-state index in [9.17, 15) is 0 Å². The predicted octanol–water partition coefficient (Wildman–Crippen LogP) is 0.162. The molecule has 1 atom stereocenters. The fourth-order valence-corrected chi connectivity index (χ4v) is 1.27. The van der Waals surface area contributed by atoms with Crippen LogP contribution in [0.5, 0.6) is 0 Å². The molecule has 74 valence electrons. The van der Waals surface area contributed by atoms with Crippen molar-refractivity contribution in [2.75, 3.05) is 13.2 Å². The van der Waals surface area contributed by atoms with Crippen molar-refractivity contribution in [3.63, 3.8) is 0 Å². The van der Waals surface area contributed by atoms with E-state index in [0.717, 1.165) is 18.8 Å². The third kappa shape index (κ3) is 2.82. The maximum atomic E-state index is 9.04. The number of aliphatic hydroxyl groups excluding tert-OH is 1. The molecule has 0 spiro atoms. The van der Waals surface area contributed by atoms with E-state index in [0.29, 0.717) is 0 Å². The summed E-state index contributed by atoms with van der Waals surface area (Å²) in [5, 5.41) is 16.4. The molecular formula is C9H17N3O. The van der Waals surface area contributed by atoms with Crippen molar-refractivity contribution in [2.24, 2.45) is 0 Å². The van der Waals surface area contributed by atoms with Gasteiger partial charge in [0.15, 0.2) is 0 Å². The molecule has 0 aliphatic rings. The summed E-state index contributed by atoms with van der Waals surface area (Å²) >= 11 is 0. The van der Waals surface area contributed by atoms with Gasteiger partial charge in [-0.3, -0.25) is 4.68 Å². The van der Waals surface area contributed by atoms with Gasteiger partial charge in [-0.05, 0) is 19.5 Å². The van der Waals surface area contributed by atoms with E-state index in [1.807, 2.05) is 24.6 Å². The third-order valence-corrected chi connectivity index (χ3v) is 2.04. The van der Waals surface area contributed by atoms with Crippen molar-refractivity contribution in [1.29, 1.82) is 0 Å². The van der Waals surface area contributed by atoms with Crippen molar-refractivity contribution >= 4 is 0 Å². The summed E-state index contributed by atoms with van der Waals surface area (Å²) in [6, 6.07) is 2.06. The van der Waals surface area contributed by atoms with Crippen molar-refractivity contribution < 1.29 is 5.11 Å². The van der Waals surface area contributed by atoms with Gasteiger partial charge in [-0.2, -0.15) is 5.10 Å². The highest BCUT2D eigenvalue weighted by Gasteiger charge is 2.07. The predicted molar refractivity (Wildman–Crippen MR) is 51.5 cm³/mol. The van der Waals surface area contributed by atoms with Gasteiger partial charge in [0.25, 0.3) is 0 Å². The molecule has 1 unspecified atom stereocenters. The standard InChI is InChI=1S/C9H17N3O/c1-3-10-9(7-13)6-12-8(2)4-5-11-12/h4-5,9-10,13H,3,6-7H2,1-2H3. The number of hydrogen-bond donors (Lipinski definition) is 2. The third-order valence-electron chi connectivity index (χ3n) is 2.04. The van der Waals surface area contributed by atoms with Crippen LogP contribution in [0.15, 0.2) is 12.3 Å². The number of aromatic nitrogens is 2. The normalized spacial score (nSPS) is 13.2. The Hall–Kier alpha value is -0.870. The van der Waals surface area contributed by atoms with Crippen LogP contribution >= 0.6 is 0 Å². The van der Waals surface area contributed by atoms with Crippen LogP contribution in [0.3, 0.4) is 0 Å². The van der Waals surface area contributed by atoms with Crippen LogP contribution in [0.25, 0.3) is 0 Å². The molecule has 0 saturated carbocycles. The maximum absolute atomic E-state index is 9.04. The molecule has 1 rings (SSSR count). The lowest BCUT2D eigenvalue weighted by atomic mass is 10.3. The first kappa shape index (κ1) is 10.2. The molecular weight excluding hydrogens is 166 g/mol. The molecule has 2 N–H and O–H groups in total. The van der Waals surface area contributed by atoms with Crippen LogP contribution in [0, 0.1) is 6.92 Å². The van der Waals surface area contributed by atoms with Crippen molar-refractivity contribution in [1.82, 2.24) is 15.1 Å². The van der Waals surface area contributed by atoms with Crippen molar-refractivity contribution in [3.05, 3.63) is 18.0 Å². The van der Waals surface area contributed by atoms with Crippen LogP contribution in [0.2, 0.25) is 0 Å². The molecule has 0 saturated heterocycles. The van der Waals surface area contributed by atoms with E-state index in [1.165, 1.54) is 0 Å². The van der Waals surface area contributed by atoms with Crippen LogP contribution < -0.4 is 5.32 Å². The average molecular weight is 183 g/mol. The quantitative estimate of drug-likeness (QED) is 0.684. The first-order valence-corrected chi connectivity index (χ1v) is 4.60. The van der Waals surface area contributed by atoms with E-state index in [1.54, 1.807) is 6.20 Å². The Morgan fingerprint density at radius 1 is 1.69 bits per heavy atom. The van der Waals surface area contributed by atoms with E-state index in [4.69, 9.17) is 5.11 Å². The molecule has 13 heavy (non-hydrogen) atoms. The number of aliphatic hydroxyl groups is 1. The minimum Gasteiger partial charge on any atom is -0.395 e. The van der Waals surface area contributed by atoms with E-state index in [2.05, 4.69) is 10.4 Å². The molecule has 0 fully saturated rings. The van der Waals surface area contributed by atoms with Gasteiger partial charge in [0.2, 0.25) is 0 Å². The summed E-state index contributed by atoms with van der Waals surface area (Å²) in [6.45, 7) is 5.77. The molecule has 4 nitrogen and oxygen atoms in total. The highest BCUT2D eigenvalue weighted by atomic mass is 16.3. The number of nitrogens with one attached hydrogen (secondary N) is 1. The molecule has 0 amide bonds. The summed E-state index contributed by atoms with van der Waals surface area (Å²) in [5.41, 5.74) is 1.12. The molecule has 0 bridgehead atoms. The monoisotopic (exact) mass is 183 g/mol. The Morgan fingerprint density at radius 3 is 2.92 bits per heavy atom. The largest absolute Gasteiger partial charge is 0.395 e. The molecule has 1 aromatic heterocycles. The highest BCUT2D eigenvalue weighted by Crippen LogP contribution is 1.97. The van der Waals surface area contributed by atoms with E-state index in [-0.39, 0.29) is 12.6 Å². The number of nitrogens with zero attached hydrogens (tertiary/aromatic N) is 2. The van der Waals surface area contributed by atoms with Gasteiger partial charge in [0, 0.05) is 17.9 Å². The second kappa shape index (κ2) is 4.99. The number of likely N-dealkylation sites (N-methyl/N-ethyl adjacent to an activating group) is 1. The van der Waals surface area contributed by atoms with Crippen LogP contribution in [-0.2, 0) is 6.54 Å². The zero-order valence-corrected chi connectivity index (χ0v) is 8.20. The Morgan fingerprint density at radius 2 is 2.46 bits per heavy atom. The second-order valence-corrected chi connectivity index (χ2v) is 3.09. The Balaban J connectivity index is 2.51. The van der Waals surface area contributed by atoms with Crippen LogP contribution in [0.1, 0.15) is 12.6 Å². The number of hydrogen-bond acceptors (Lipinski definition) is 3. The number of aryl methyl sites for hydroxylation is 1. The van der Waals surface area contributed by atoms with Gasteiger partial charge in [-0.25, -0.2) is 0 Å². The fourth-order valence-electron chi connectivity index (χ4n) is 1.27. The van der Waals surface area contributed by atoms with E-state index >= 15 is 0 Å². The summed E-state index contributed by atoms with van der Waals surface area (Å²) < 4.78 is 1.89. The SMILES string of the molecule is CCNC(CO)Cn1nccc1C. The molecule has 0 aliphatic carbocycles. The molecule has 1 aromatic rings. The maximum Gasteiger partial charge on any atom is 0.0602 e. The number of rotatable bonds is 5. The first-order chi connectivity index (χ1) is 6.27. The summed E-state index contributed by atoms with van der Waals surface area (Å²) in [5.74, 6) is 0. The Kier molecular flexibility index (Phi) is 3.92. The highest BCUT2D eigenvalue weighted by molar-refractivity contribution is 4.96. The molecule has 4 heteroatoms. The van der Waals surface area contributed by atoms with Crippen molar-refractivity contribution in [3.8, 4) is 0 Å². The fraction of sp³-hybridized carbons (Fsp3) is 0.667. The van der Waals surface area contributed by atoms with Crippen LogP contribution in [-0.4, -0.2) is 34.1 Å². The minimum atomic E-state index is 0.101. The Labute approximate surface area is 78.6 Å². The minimum absolute atomic E-state index is 0.101. The van der Waals surface area contributed by atoms with Crippen molar-refractivity contribution in [2.45, 2.75) is 26.4 Å². The average Bonchev–Trinajstić information content (AvgIpc) is 2.51. The summed E-state index contributed by atoms with van der Waals surface area (Å²) in [4.78, 5) is 0. The van der Waals surface area contributed by atoms with Gasteiger partial charge >= 0.3 is 0 Å². The van der Waals surface area contributed by atoms with Gasteiger partial charge < -0.3 is 10.4 Å². The van der Waals surface area contributed by atoms with Gasteiger partial charge in [-0.1, -0.05) is 6.92 Å². The first-order valence-electron chi connectivity index (χ1n) is 4.60. The van der Waals surface area contributed by atoms with Crippen LogP contribution in [0.4, 0.5) is 0 Å². The zero-order chi connectivity index (χ0) is 9.68. The van der Waals surface area contributed by atoms with Gasteiger partial charge in [0.05, 0.1) is 13.2 Å². The lowest BCUT2D eigenvalue weighted by Crippen LogP contribution is -2.36. The topological polar surface area (TPSA) is 50.1 Å². The summed E-state index contributed by atoms with van der Waals surface area (Å²) in [6.07, 6.45) is 1.77. The van der Waals surface area contributed by atoms with Gasteiger partial charge in [-0.15, -0.1) is 0 Å².